The van der Waals surface area contributed by atoms with Crippen molar-refractivity contribution in [2.75, 3.05) is 12.5 Å². The summed E-state index contributed by atoms with van der Waals surface area (Å²) in [5, 5.41) is 12.0. The van der Waals surface area contributed by atoms with Crippen molar-refractivity contribution < 1.29 is 9.47 Å². The van der Waals surface area contributed by atoms with Gasteiger partial charge in [-0.3, -0.25) is 9.78 Å². The lowest BCUT2D eigenvalue weighted by Gasteiger charge is -2.11. The zero-order chi connectivity index (χ0) is 20.8. The summed E-state index contributed by atoms with van der Waals surface area (Å²) in [5.74, 6) is 1.60. The van der Waals surface area contributed by atoms with Gasteiger partial charge in [-0.2, -0.15) is 5.10 Å². The predicted octanol–water partition coefficient (Wildman–Crippen LogP) is 3.84. The molecule has 0 unspecified atom stereocenters. The van der Waals surface area contributed by atoms with Crippen LogP contribution in [0.15, 0.2) is 56.8 Å². The van der Waals surface area contributed by atoms with Gasteiger partial charge in [0.15, 0.2) is 5.69 Å². The molecule has 29 heavy (non-hydrogen) atoms. The number of methoxy groups -OCH3 is 1. The van der Waals surface area contributed by atoms with E-state index in [1.54, 1.807) is 37.6 Å². The Morgan fingerprint density at radius 2 is 1.93 bits per heavy atom. The summed E-state index contributed by atoms with van der Waals surface area (Å²) in [5.41, 5.74) is 3.99. The van der Waals surface area contributed by atoms with Crippen LogP contribution in [-0.2, 0) is 0 Å². The van der Waals surface area contributed by atoms with Crippen LogP contribution < -0.4 is 20.5 Å². The van der Waals surface area contributed by atoms with Gasteiger partial charge in [-0.15, -0.1) is 10.2 Å². The Kier molecular flexibility index (Phi) is 6.61. The number of H-pyrrole nitrogens is 1. The van der Waals surface area contributed by atoms with Gasteiger partial charge in [0.1, 0.15) is 11.5 Å². The largest absolute Gasteiger partial charge is 0.497 e. The summed E-state index contributed by atoms with van der Waals surface area (Å²) in [6.45, 7) is 3.93. The Morgan fingerprint density at radius 3 is 2.55 bits per heavy atom. The third-order valence-electron chi connectivity index (χ3n) is 3.76. The minimum atomic E-state index is -0.374. The molecule has 150 valence electrons. The lowest BCUT2D eigenvalue weighted by molar-refractivity contribution is 0.241. The Hall–Kier alpha value is -3.20. The minimum absolute atomic E-state index is 0.0868. The fourth-order valence-corrected chi connectivity index (χ4v) is 2.93. The van der Waals surface area contributed by atoms with Crippen molar-refractivity contribution in [3.8, 4) is 22.8 Å². The normalized spacial score (nSPS) is 11.1. The average Bonchev–Trinajstić information content (AvgIpc) is 2.70. The molecule has 0 bridgehead atoms. The first kappa shape index (κ1) is 20.5. The molecule has 1 aromatic heterocycles. The summed E-state index contributed by atoms with van der Waals surface area (Å²) in [7, 11) is 1.58. The van der Waals surface area contributed by atoms with Crippen LogP contribution in [0.2, 0.25) is 0 Å². The molecule has 0 saturated carbocycles. The molecule has 0 saturated heterocycles. The predicted molar refractivity (Wildman–Crippen MR) is 116 cm³/mol. The van der Waals surface area contributed by atoms with Crippen molar-refractivity contribution in [3.63, 3.8) is 0 Å². The Labute approximate surface area is 176 Å². The number of hydrogen-bond donors (Lipinski definition) is 2. The Balaban J connectivity index is 1.68. The van der Waals surface area contributed by atoms with Gasteiger partial charge in [0, 0.05) is 5.56 Å². The van der Waals surface area contributed by atoms with Gasteiger partial charge in [0.2, 0.25) is 5.95 Å². The van der Waals surface area contributed by atoms with Crippen LogP contribution in [0.1, 0.15) is 19.4 Å². The maximum Gasteiger partial charge on any atom is 0.279 e. The van der Waals surface area contributed by atoms with Gasteiger partial charge in [-0.1, -0.05) is 0 Å². The number of benzene rings is 2. The van der Waals surface area contributed by atoms with Gasteiger partial charge >= 0.3 is 0 Å². The molecule has 0 radical (unpaired) electrons. The topological polar surface area (TPSA) is 101 Å². The van der Waals surface area contributed by atoms with E-state index < -0.39 is 0 Å². The third kappa shape index (κ3) is 5.41. The highest BCUT2D eigenvalue weighted by atomic mass is 79.9. The average molecular weight is 458 g/mol. The zero-order valence-electron chi connectivity index (χ0n) is 16.1. The van der Waals surface area contributed by atoms with Crippen LogP contribution in [0, 0.1) is 0 Å². The summed E-state index contributed by atoms with van der Waals surface area (Å²) in [6, 6.07) is 12.6. The van der Waals surface area contributed by atoms with Crippen LogP contribution in [0.4, 0.5) is 5.95 Å². The minimum Gasteiger partial charge on any atom is -0.497 e. The van der Waals surface area contributed by atoms with Gasteiger partial charge in [-0.05, 0) is 77.8 Å². The number of nitrogens with one attached hydrogen (secondary N) is 2. The van der Waals surface area contributed by atoms with Crippen molar-refractivity contribution in [2.45, 2.75) is 20.0 Å². The summed E-state index contributed by atoms with van der Waals surface area (Å²) in [6.07, 6.45) is 1.69. The van der Waals surface area contributed by atoms with E-state index in [1.165, 1.54) is 0 Å². The van der Waals surface area contributed by atoms with Crippen molar-refractivity contribution in [1.29, 1.82) is 0 Å². The van der Waals surface area contributed by atoms with E-state index in [2.05, 4.69) is 41.6 Å². The number of ether oxygens (including phenoxy) is 2. The van der Waals surface area contributed by atoms with Crippen LogP contribution in [0.5, 0.6) is 11.5 Å². The number of anilines is 1. The summed E-state index contributed by atoms with van der Waals surface area (Å²) >= 11 is 3.48. The number of rotatable bonds is 7. The molecule has 1 heterocycles. The first-order valence-corrected chi connectivity index (χ1v) is 9.62. The van der Waals surface area contributed by atoms with Crippen LogP contribution in [-0.4, -0.2) is 34.6 Å². The fraction of sp³-hybridized carbons (Fsp3) is 0.200. The second kappa shape index (κ2) is 9.33. The Bertz CT molecular complexity index is 1060. The van der Waals surface area contributed by atoms with Gasteiger partial charge in [0.05, 0.1) is 23.9 Å². The van der Waals surface area contributed by atoms with Crippen molar-refractivity contribution in [3.05, 3.63) is 62.9 Å². The SMILES string of the molecule is COc1ccc(-c2nnc(N/N=C/c3ccc(OC(C)C)c(Br)c3)[nH]c2=O)cc1. The van der Waals surface area contributed by atoms with Crippen LogP contribution in [0.25, 0.3) is 11.3 Å². The van der Waals surface area contributed by atoms with Gasteiger partial charge in [0.25, 0.3) is 5.56 Å². The molecule has 0 fully saturated rings. The first-order valence-electron chi connectivity index (χ1n) is 8.83. The van der Waals surface area contributed by atoms with Crippen LogP contribution in [0.3, 0.4) is 0 Å². The standard InChI is InChI=1S/C20H20BrN5O3/c1-12(2)29-17-9-4-13(10-16(17)21)11-22-25-20-23-19(27)18(24-26-20)14-5-7-15(28-3)8-6-14/h4-12H,1-3H3,(H2,23,25,26,27)/b22-11+. The number of hydrogen-bond acceptors (Lipinski definition) is 7. The molecule has 0 aliphatic heterocycles. The molecule has 0 aliphatic carbocycles. The number of hydrazone groups is 1. The van der Waals surface area contributed by atoms with Crippen molar-refractivity contribution in [1.82, 2.24) is 15.2 Å². The number of aromatic nitrogens is 3. The van der Waals surface area contributed by atoms with E-state index in [9.17, 15) is 4.79 Å². The molecule has 0 aliphatic rings. The molecule has 2 N–H and O–H groups in total. The molecule has 0 atom stereocenters. The van der Waals surface area contributed by atoms with E-state index in [4.69, 9.17) is 9.47 Å². The monoisotopic (exact) mass is 457 g/mol. The molecule has 3 aromatic rings. The summed E-state index contributed by atoms with van der Waals surface area (Å²) < 4.78 is 11.6. The molecule has 2 aromatic carbocycles. The van der Waals surface area contributed by atoms with Crippen molar-refractivity contribution in [2.24, 2.45) is 5.10 Å². The lowest BCUT2D eigenvalue weighted by Crippen LogP contribution is -2.15. The molecular formula is C20H20BrN5O3. The molecule has 9 heteroatoms. The first-order chi connectivity index (χ1) is 14.0. The highest BCUT2D eigenvalue weighted by Gasteiger charge is 2.08. The third-order valence-corrected chi connectivity index (χ3v) is 4.38. The maximum absolute atomic E-state index is 12.3. The maximum atomic E-state index is 12.3. The zero-order valence-corrected chi connectivity index (χ0v) is 17.7. The highest BCUT2D eigenvalue weighted by molar-refractivity contribution is 9.10. The van der Waals surface area contributed by atoms with Crippen molar-refractivity contribution >= 4 is 28.1 Å². The number of nitrogens with zero attached hydrogens (tertiary/aromatic N) is 3. The number of halogens is 1. The highest BCUT2D eigenvalue weighted by Crippen LogP contribution is 2.26. The second-order valence-corrected chi connectivity index (χ2v) is 7.16. The second-order valence-electron chi connectivity index (χ2n) is 6.31. The molecule has 3 rings (SSSR count). The van der Waals surface area contributed by atoms with E-state index in [1.807, 2.05) is 32.0 Å². The number of aromatic amines is 1. The molecule has 0 amide bonds. The van der Waals surface area contributed by atoms with E-state index in [-0.39, 0.29) is 23.3 Å². The van der Waals surface area contributed by atoms with E-state index >= 15 is 0 Å². The van der Waals surface area contributed by atoms with E-state index in [0.29, 0.717) is 11.3 Å². The van der Waals surface area contributed by atoms with Gasteiger partial charge in [-0.25, -0.2) is 5.43 Å². The molecular weight excluding hydrogens is 438 g/mol. The fourth-order valence-electron chi connectivity index (χ4n) is 2.44. The molecule has 0 spiro atoms. The lowest BCUT2D eigenvalue weighted by atomic mass is 10.1. The molecule has 8 nitrogen and oxygen atoms in total. The quantitative estimate of drug-likeness (QED) is 0.412. The van der Waals surface area contributed by atoms with Crippen LogP contribution >= 0.6 is 15.9 Å². The summed E-state index contributed by atoms with van der Waals surface area (Å²) in [4.78, 5) is 14.9. The smallest absolute Gasteiger partial charge is 0.279 e. The van der Waals surface area contributed by atoms with Gasteiger partial charge < -0.3 is 9.47 Å². The Morgan fingerprint density at radius 1 is 1.17 bits per heavy atom. The van der Waals surface area contributed by atoms with E-state index in [0.717, 1.165) is 15.8 Å².